The summed E-state index contributed by atoms with van der Waals surface area (Å²) in [6, 6.07) is 47.0. The molecule has 0 saturated heterocycles. The molecule has 0 aliphatic rings. The molecule has 6 nitrogen and oxygen atoms in total. The van der Waals surface area contributed by atoms with Crippen LogP contribution < -0.4 is 0 Å². The van der Waals surface area contributed by atoms with E-state index in [4.69, 9.17) is 18.8 Å². The number of aromatic nitrogens is 4. The minimum Gasteiger partial charge on any atom is -0.423 e. The van der Waals surface area contributed by atoms with E-state index in [0.29, 0.717) is 12.0 Å². The van der Waals surface area contributed by atoms with Gasteiger partial charge in [-0.15, -0.1) is 0 Å². The molecule has 4 heterocycles. The highest BCUT2D eigenvalue weighted by molar-refractivity contribution is 6.12. The molecule has 0 unspecified atom stereocenters. The van der Waals surface area contributed by atoms with Gasteiger partial charge >= 0.3 is 12.0 Å². The maximum Gasteiger partial charge on any atom is 0.307 e. The van der Waals surface area contributed by atoms with Crippen molar-refractivity contribution in [2.24, 2.45) is 0 Å². The Morgan fingerprint density at radius 2 is 0.795 bits per heavy atom. The van der Waals surface area contributed by atoms with Gasteiger partial charge in [-0.05, 0) is 71.8 Å². The summed E-state index contributed by atoms with van der Waals surface area (Å²) in [5.74, 6) is 0. The molecule has 44 heavy (non-hydrogen) atoms. The molecule has 206 valence electrons. The van der Waals surface area contributed by atoms with Crippen molar-refractivity contribution in [3.63, 3.8) is 0 Å². The van der Waals surface area contributed by atoms with Gasteiger partial charge in [0.05, 0.1) is 22.1 Å². The summed E-state index contributed by atoms with van der Waals surface area (Å²) in [6.45, 7) is 0. The maximum absolute atomic E-state index is 6.23. The number of oxazole rings is 2. The fourth-order valence-corrected chi connectivity index (χ4v) is 6.63. The summed E-state index contributed by atoms with van der Waals surface area (Å²) in [7, 11) is 0. The van der Waals surface area contributed by atoms with Crippen LogP contribution in [0.1, 0.15) is 0 Å². The number of fused-ring (bicyclic) bond motifs is 8. The number of hydrogen-bond acceptors (Lipinski definition) is 4. The molecule has 0 atom stereocenters. The Hall–Kier alpha value is -6.14. The third-order valence-corrected chi connectivity index (χ3v) is 8.63. The Morgan fingerprint density at radius 3 is 1.27 bits per heavy atom. The fourth-order valence-electron chi connectivity index (χ4n) is 6.63. The number of nitrogens with zero attached hydrogens (tertiary/aromatic N) is 4. The van der Waals surface area contributed by atoms with Gasteiger partial charge < -0.3 is 8.83 Å². The molecule has 0 aliphatic heterocycles. The van der Waals surface area contributed by atoms with Gasteiger partial charge in [0.1, 0.15) is 11.0 Å². The Kier molecular flexibility index (Phi) is 4.63. The summed E-state index contributed by atoms with van der Waals surface area (Å²) in [5, 5.41) is 4.60. The molecule has 0 spiro atoms. The van der Waals surface area contributed by atoms with E-state index >= 15 is 0 Å². The molecule has 0 amide bonds. The first-order valence-electron chi connectivity index (χ1n) is 14.6. The quantitative estimate of drug-likeness (QED) is 0.214. The van der Waals surface area contributed by atoms with Crippen molar-refractivity contribution in [1.82, 2.24) is 19.1 Å². The van der Waals surface area contributed by atoms with Crippen LogP contribution in [0.2, 0.25) is 0 Å². The highest BCUT2D eigenvalue weighted by Gasteiger charge is 2.19. The predicted molar refractivity (Wildman–Crippen MR) is 176 cm³/mol. The van der Waals surface area contributed by atoms with Gasteiger partial charge in [-0.1, -0.05) is 72.8 Å². The summed E-state index contributed by atoms with van der Waals surface area (Å²) >= 11 is 0. The van der Waals surface area contributed by atoms with Gasteiger partial charge in [-0.3, -0.25) is 9.13 Å². The first-order chi connectivity index (χ1) is 21.8. The minimum atomic E-state index is 0.568. The molecule has 0 radical (unpaired) electrons. The zero-order chi connectivity index (χ0) is 28.8. The average molecular weight is 567 g/mol. The van der Waals surface area contributed by atoms with Crippen LogP contribution in [0.3, 0.4) is 0 Å². The van der Waals surface area contributed by atoms with Crippen molar-refractivity contribution in [2.45, 2.75) is 0 Å². The van der Waals surface area contributed by atoms with Gasteiger partial charge in [-0.25, -0.2) is 0 Å². The first-order valence-corrected chi connectivity index (χ1v) is 14.6. The molecule has 6 heteroatoms. The summed E-state index contributed by atoms with van der Waals surface area (Å²) < 4.78 is 16.7. The van der Waals surface area contributed by atoms with Crippen molar-refractivity contribution in [3.8, 4) is 23.2 Å². The zero-order valence-electron chi connectivity index (χ0n) is 23.3. The van der Waals surface area contributed by atoms with Crippen molar-refractivity contribution in [3.05, 3.63) is 133 Å². The van der Waals surface area contributed by atoms with Crippen molar-refractivity contribution >= 4 is 65.8 Å². The van der Waals surface area contributed by atoms with Crippen molar-refractivity contribution in [1.29, 1.82) is 0 Å². The van der Waals surface area contributed by atoms with Crippen LogP contribution >= 0.6 is 0 Å². The molecule has 0 fully saturated rings. The molecule has 4 aromatic heterocycles. The monoisotopic (exact) mass is 566 g/mol. The van der Waals surface area contributed by atoms with Crippen LogP contribution in [0.15, 0.2) is 142 Å². The van der Waals surface area contributed by atoms with Crippen LogP contribution in [0.5, 0.6) is 0 Å². The van der Waals surface area contributed by atoms with Gasteiger partial charge in [-0.2, -0.15) is 9.97 Å². The first kappa shape index (κ1) is 23.4. The number of benzene rings is 6. The van der Waals surface area contributed by atoms with E-state index in [9.17, 15) is 0 Å². The summed E-state index contributed by atoms with van der Waals surface area (Å²) in [4.78, 5) is 9.64. The molecule has 0 saturated carbocycles. The topological polar surface area (TPSA) is 61.9 Å². The maximum atomic E-state index is 6.23. The second-order valence-corrected chi connectivity index (χ2v) is 11.1. The molecular weight excluding hydrogens is 544 g/mol. The lowest BCUT2D eigenvalue weighted by Crippen LogP contribution is -1.94. The lowest BCUT2D eigenvalue weighted by atomic mass is 10.0. The smallest absolute Gasteiger partial charge is 0.307 e. The third-order valence-electron chi connectivity index (χ3n) is 8.63. The number of rotatable bonds is 3. The van der Waals surface area contributed by atoms with Gasteiger partial charge in [0.2, 0.25) is 0 Å². The molecule has 0 bridgehead atoms. The van der Waals surface area contributed by atoms with Gasteiger partial charge in [0.25, 0.3) is 0 Å². The minimum absolute atomic E-state index is 0.568. The lowest BCUT2D eigenvalue weighted by Gasteiger charge is -2.06. The second kappa shape index (κ2) is 8.69. The molecule has 10 aromatic rings. The van der Waals surface area contributed by atoms with E-state index in [0.717, 1.165) is 76.9 Å². The van der Waals surface area contributed by atoms with E-state index < -0.39 is 0 Å². The number of para-hydroxylation sites is 6. The van der Waals surface area contributed by atoms with E-state index in [1.807, 2.05) is 48.5 Å². The van der Waals surface area contributed by atoms with Crippen LogP contribution in [-0.4, -0.2) is 19.1 Å². The van der Waals surface area contributed by atoms with Crippen molar-refractivity contribution in [2.75, 3.05) is 0 Å². The molecule has 10 rings (SSSR count). The molecule has 0 aliphatic carbocycles. The summed E-state index contributed by atoms with van der Waals surface area (Å²) in [5.41, 5.74) is 9.73. The standard InChI is InChI=1S/C38H22N4O2/c1-5-13-31-25(9-1)27-21-23(17-19-33(27)41(31)37-39-29-11-3-7-15-35(29)43-37)24-18-20-34-28(22-24)26-10-2-6-14-32(26)42(34)38-40-30-12-4-8-16-36(30)44-38/h1-22H. The highest BCUT2D eigenvalue weighted by Crippen LogP contribution is 2.38. The van der Waals surface area contributed by atoms with E-state index in [2.05, 4.69) is 94.1 Å². The average Bonchev–Trinajstić information content (AvgIpc) is 3.84. The van der Waals surface area contributed by atoms with E-state index in [-0.39, 0.29) is 0 Å². The number of hydrogen-bond donors (Lipinski definition) is 0. The van der Waals surface area contributed by atoms with Gasteiger partial charge in [0, 0.05) is 21.5 Å². The Morgan fingerprint density at radius 1 is 0.386 bits per heavy atom. The molecule has 6 aromatic carbocycles. The zero-order valence-corrected chi connectivity index (χ0v) is 23.3. The lowest BCUT2D eigenvalue weighted by molar-refractivity contribution is 0.574. The van der Waals surface area contributed by atoms with Crippen LogP contribution in [0.4, 0.5) is 0 Å². The fraction of sp³-hybridized carbons (Fsp3) is 0. The van der Waals surface area contributed by atoms with Gasteiger partial charge in [0.15, 0.2) is 11.2 Å². The third kappa shape index (κ3) is 3.25. The SMILES string of the molecule is c1ccc2oc(-n3c4ccccc4c4cc(-c5ccc6c(c5)c5ccccc5n6-c5nc6ccccc6o5)ccc43)nc2c1. The highest BCUT2D eigenvalue weighted by atomic mass is 16.4. The molecule has 0 N–H and O–H groups in total. The normalized spacial score (nSPS) is 12.1. The van der Waals surface area contributed by atoms with E-state index in [1.165, 1.54) is 0 Å². The Labute approximate surface area is 250 Å². The predicted octanol–water partition coefficient (Wildman–Crippen LogP) is 9.83. The van der Waals surface area contributed by atoms with Crippen LogP contribution in [-0.2, 0) is 0 Å². The second-order valence-electron chi connectivity index (χ2n) is 11.1. The largest absolute Gasteiger partial charge is 0.423 e. The summed E-state index contributed by atoms with van der Waals surface area (Å²) in [6.07, 6.45) is 0. The van der Waals surface area contributed by atoms with Crippen molar-refractivity contribution < 1.29 is 8.83 Å². The Bertz CT molecular complexity index is 2480. The molecular formula is C38H22N4O2. The Balaban J connectivity index is 1.18. The van der Waals surface area contributed by atoms with Crippen LogP contribution in [0.25, 0.3) is 89.0 Å². The van der Waals surface area contributed by atoms with E-state index in [1.54, 1.807) is 0 Å². The van der Waals surface area contributed by atoms with Crippen LogP contribution in [0, 0.1) is 0 Å².